The van der Waals surface area contributed by atoms with Gasteiger partial charge in [-0.15, -0.1) is 35.3 Å². The van der Waals surface area contributed by atoms with E-state index >= 15 is 0 Å². The fourth-order valence-corrected chi connectivity index (χ4v) is 4.24. The second-order valence-electron chi connectivity index (χ2n) is 7.15. The summed E-state index contributed by atoms with van der Waals surface area (Å²) in [5.41, 5.74) is 0.0367. The van der Waals surface area contributed by atoms with Gasteiger partial charge in [0.25, 0.3) is 0 Å². The average Bonchev–Trinajstić information content (AvgIpc) is 3.29. The molecule has 3 rings (SSSR count). The number of nitrogens with zero attached hydrogens (tertiary/aromatic N) is 4. The summed E-state index contributed by atoms with van der Waals surface area (Å²) in [4.78, 5) is 18.0. The van der Waals surface area contributed by atoms with Crippen LogP contribution >= 0.6 is 35.3 Å². The van der Waals surface area contributed by atoms with Crippen molar-refractivity contribution in [3.8, 4) is 0 Å². The van der Waals surface area contributed by atoms with Crippen molar-refractivity contribution in [1.82, 2.24) is 25.0 Å². The number of thiophene rings is 1. The average molecular weight is 518 g/mol. The number of guanidine groups is 1. The van der Waals surface area contributed by atoms with Crippen LogP contribution in [0, 0.1) is 5.92 Å². The lowest BCUT2D eigenvalue weighted by Crippen LogP contribution is -2.40. The molecule has 0 aromatic carbocycles. The molecule has 0 spiro atoms. The van der Waals surface area contributed by atoms with Gasteiger partial charge < -0.3 is 10.6 Å². The third kappa shape index (κ3) is 6.33. The molecule has 1 atom stereocenters. The number of hydrogen-bond acceptors (Lipinski definition) is 4. The zero-order chi connectivity index (χ0) is 19.1. The Morgan fingerprint density at radius 1 is 1.39 bits per heavy atom. The minimum atomic E-state index is 0. The lowest BCUT2D eigenvalue weighted by atomic mass is 10.1. The zero-order valence-electron chi connectivity index (χ0n) is 16.7. The maximum Gasteiger partial charge on any atom is 0.345 e. The summed E-state index contributed by atoms with van der Waals surface area (Å²) >= 11 is 1.81. The number of aliphatic imine (C=N–C) groups is 1. The first-order valence-corrected chi connectivity index (χ1v) is 10.7. The van der Waals surface area contributed by atoms with E-state index in [1.807, 2.05) is 15.9 Å². The second kappa shape index (κ2) is 11.6. The maximum atomic E-state index is 12.3. The van der Waals surface area contributed by atoms with E-state index in [2.05, 4.69) is 45.2 Å². The van der Waals surface area contributed by atoms with Gasteiger partial charge >= 0.3 is 5.69 Å². The maximum absolute atomic E-state index is 12.3. The lowest BCUT2D eigenvalue weighted by molar-refractivity contribution is 0.508. The molecule has 0 saturated heterocycles. The second-order valence-corrected chi connectivity index (χ2v) is 8.19. The molecule has 7 nitrogen and oxygen atoms in total. The van der Waals surface area contributed by atoms with E-state index in [1.54, 1.807) is 11.7 Å². The van der Waals surface area contributed by atoms with Crippen LogP contribution in [0.2, 0.25) is 0 Å². The third-order valence-corrected chi connectivity index (χ3v) is 5.74. The topological polar surface area (TPSA) is 76.2 Å². The van der Waals surface area contributed by atoms with Crippen molar-refractivity contribution in [3.05, 3.63) is 38.7 Å². The number of hydrogen-bond donors (Lipinski definition) is 2. The monoisotopic (exact) mass is 518 g/mol. The highest BCUT2D eigenvalue weighted by atomic mass is 127. The lowest BCUT2D eigenvalue weighted by Gasteiger charge is -2.15. The first kappa shape index (κ1) is 22.9. The van der Waals surface area contributed by atoms with Crippen LogP contribution in [0.25, 0.3) is 0 Å². The summed E-state index contributed by atoms with van der Waals surface area (Å²) in [6, 6.07) is 4.28. The van der Waals surface area contributed by atoms with Gasteiger partial charge in [-0.1, -0.05) is 13.0 Å². The van der Waals surface area contributed by atoms with Crippen LogP contribution in [0.4, 0.5) is 0 Å². The van der Waals surface area contributed by atoms with E-state index in [4.69, 9.17) is 0 Å². The van der Waals surface area contributed by atoms with Gasteiger partial charge in [-0.2, -0.15) is 5.10 Å². The van der Waals surface area contributed by atoms with Crippen molar-refractivity contribution in [1.29, 1.82) is 0 Å². The van der Waals surface area contributed by atoms with Gasteiger partial charge in [0.05, 0.1) is 0 Å². The van der Waals surface area contributed by atoms with Crippen LogP contribution in [-0.2, 0) is 25.9 Å². The molecule has 28 heavy (non-hydrogen) atoms. The summed E-state index contributed by atoms with van der Waals surface area (Å²) in [5, 5.41) is 13.3. The number of fused-ring (bicyclic) bond motifs is 1. The van der Waals surface area contributed by atoms with Crippen molar-refractivity contribution < 1.29 is 0 Å². The van der Waals surface area contributed by atoms with E-state index in [9.17, 15) is 4.79 Å². The molecule has 1 aliphatic rings. The van der Waals surface area contributed by atoms with E-state index in [1.165, 1.54) is 4.88 Å². The first-order chi connectivity index (χ1) is 13.2. The molecule has 2 aromatic heterocycles. The van der Waals surface area contributed by atoms with Crippen LogP contribution in [0.5, 0.6) is 0 Å². The summed E-state index contributed by atoms with van der Waals surface area (Å²) in [7, 11) is 1.78. The summed E-state index contributed by atoms with van der Waals surface area (Å²) in [6.45, 7) is 5.33. The van der Waals surface area contributed by atoms with E-state index < -0.39 is 0 Å². The number of rotatable bonds is 8. The molecule has 2 N–H and O–H groups in total. The number of halogens is 1. The number of nitrogens with one attached hydrogen (secondary N) is 2. The summed E-state index contributed by atoms with van der Waals surface area (Å²) in [5.74, 6) is 2.29. The molecule has 156 valence electrons. The van der Waals surface area contributed by atoms with Gasteiger partial charge in [-0.05, 0) is 43.0 Å². The summed E-state index contributed by atoms with van der Waals surface area (Å²) in [6.07, 6.45) is 5.04. The minimum Gasteiger partial charge on any atom is -0.356 e. The van der Waals surface area contributed by atoms with E-state index in [0.29, 0.717) is 12.5 Å². The molecule has 2 aromatic rings. The van der Waals surface area contributed by atoms with Crippen LogP contribution in [0.1, 0.15) is 36.9 Å². The molecule has 0 fully saturated rings. The molecule has 9 heteroatoms. The van der Waals surface area contributed by atoms with Crippen LogP contribution in [0.3, 0.4) is 0 Å². The van der Waals surface area contributed by atoms with Crippen molar-refractivity contribution in [2.75, 3.05) is 20.1 Å². The van der Waals surface area contributed by atoms with Crippen LogP contribution < -0.4 is 16.3 Å². The minimum absolute atomic E-state index is 0. The smallest absolute Gasteiger partial charge is 0.345 e. The molecular weight excluding hydrogens is 487 g/mol. The van der Waals surface area contributed by atoms with Gasteiger partial charge in [0.1, 0.15) is 5.82 Å². The molecule has 3 heterocycles. The predicted octanol–water partition coefficient (Wildman–Crippen LogP) is 2.49. The largest absolute Gasteiger partial charge is 0.356 e. The Labute approximate surface area is 187 Å². The van der Waals surface area contributed by atoms with Gasteiger partial charge in [-0.25, -0.2) is 9.48 Å². The zero-order valence-corrected chi connectivity index (χ0v) is 19.8. The van der Waals surface area contributed by atoms with Crippen molar-refractivity contribution in [2.24, 2.45) is 10.9 Å². The molecule has 0 saturated carbocycles. The van der Waals surface area contributed by atoms with Gasteiger partial charge in [-0.3, -0.25) is 9.56 Å². The molecule has 0 amide bonds. The van der Waals surface area contributed by atoms with Gasteiger partial charge in [0.2, 0.25) is 0 Å². The molecule has 0 radical (unpaired) electrons. The number of aromatic nitrogens is 3. The first-order valence-electron chi connectivity index (χ1n) is 9.81. The van der Waals surface area contributed by atoms with E-state index in [-0.39, 0.29) is 29.7 Å². The fourth-order valence-electron chi connectivity index (χ4n) is 3.37. The molecule has 0 bridgehead atoms. The Balaban J connectivity index is 0.00000280. The quantitative estimate of drug-likeness (QED) is 0.244. The Morgan fingerprint density at radius 2 is 2.25 bits per heavy atom. The molecular formula is C19H31IN6OS. The number of aryl methyl sites for hydroxylation is 2. The Morgan fingerprint density at radius 3 is 2.96 bits per heavy atom. The highest BCUT2D eigenvalue weighted by molar-refractivity contribution is 14.0. The normalized spacial score (nSPS) is 14.9. The van der Waals surface area contributed by atoms with E-state index in [0.717, 1.165) is 63.5 Å². The highest BCUT2D eigenvalue weighted by Gasteiger charge is 2.16. The van der Waals surface area contributed by atoms with Crippen LogP contribution in [-0.4, -0.2) is 40.4 Å². The SMILES string of the molecule is CN=C(NCCCn1nc2n(c1=O)CCCC2)NCC(C)Cc1cccs1.I. The van der Waals surface area contributed by atoms with Crippen LogP contribution in [0.15, 0.2) is 27.3 Å². The fraction of sp³-hybridized carbons (Fsp3) is 0.632. The standard InChI is InChI=1S/C19H30N6OS.HI/c1-15(13-16-7-5-12-27-16)14-22-18(20-2)21-9-6-11-25-19(26)24-10-4-3-8-17(24)23-25;/h5,7,12,15H,3-4,6,8-11,13-14H2,1-2H3,(H2,20,21,22);1H. The van der Waals surface area contributed by atoms with Crippen molar-refractivity contribution in [3.63, 3.8) is 0 Å². The van der Waals surface area contributed by atoms with Gasteiger partial charge in [0.15, 0.2) is 5.96 Å². The Kier molecular flexibility index (Phi) is 9.49. The Bertz CT molecular complexity index is 798. The predicted molar refractivity (Wildman–Crippen MR) is 126 cm³/mol. The van der Waals surface area contributed by atoms with Crippen molar-refractivity contribution in [2.45, 2.75) is 52.1 Å². The Hall–Kier alpha value is -1.36. The van der Waals surface area contributed by atoms with Crippen molar-refractivity contribution >= 4 is 41.3 Å². The van der Waals surface area contributed by atoms with Gasteiger partial charge in [0, 0.05) is 44.5 Å². The molecule has 1 aliphatic heterocycles. The summed E-state index contributed by atoms with van der Waals surface area (Å²) < 4.78 is 3.44. The molecule has 1 unspecified atom stereocenters. The highest BCUT2D eigenvalue weighted by Crippen LogP contribution is 2.13. The third-order valence-electron chi connectivity index (χ3n) is 4.84. The molecule has 0 aliphatic carbocycles.